The van der Waals surface area contributed by atoms with Gasteiger partial charge in [-0.05, 0) is 42.7 Å². The van der Waals surface area contributed by atoms with E-state index in [1.165, 1.54) is 12.1 Å². The van der Waals surface area contributed by atoms with E-state index in [4.69, 9.17) is 11.6 Å². The smallest absolute Gasteiger partial charge is 0.238 e. The van der Waals surface area contributed by atoms with E-state index in [9.17, 15) is 9.18 Å². The number of halogens is 2. The highest BCUT2D eigenvalue weighted by Crippen LogP contribution is 2.28. The lowest BCUT2D eigenvalue weighted by Gasteiger charge is -2.21. The van der Waals surface area contributed by atoms with E-state index in [0.717, 1.165) is 18.4 Å². The molecule has 1 aliphatic rings. The maximum absolute atomic E-state index is 13.0. The van der Waals surface area contributed by atoms with Gasteiger partial charge in [-0.15, -0.1) is 0 Å². The molecule has 1 saturated carbocycles. The first-order valence-electron chi connectivity index (χ1n) is 7.50. The lowest BCUT2D eigenvalue weighted by atomic mass is 10.2. The van der Waals surface area contributed by atoms with Gasteiger partial charge in [-0.25, -0.2) is 9.37 Å². The number of amides is 1. The number of hydrogen-bond donors (Lipinski definition) is 1. The van der Waals surface area contributed by atoms with E-state index in [1.807, 2.05) is 0 Å². The van der Waals surface area contributed by atoms with Gasteiger partial charge in [-0.3, -0.25) is 9.69 Å². The highest BCUT2D eigenvalue weighted by Gasteiger charge is 2.30. The van der Waals surface area contributed by atoms with E-state index in [1.54, 1.807) is 30.5 Å². The zero-order valence-electron chi connectivity index (χ0n) is 12.5. The summed E-state index contributed by atoms with van der Waals surface area (Å²) in [4.78, 5) is 18.3. The van der Waals surface area contributed by atoms with Crippen molar-refractivity contribution in [3.63, 3.8) is 0 Å². The van der Waals surface area contributed by atoms with E-state index < -0.39 is 0 Å². The van der Waals surface area contributed by atoms with E-state index in [-0.39, 0.29) is 23.4 Å². The fourth-order valence-electron chi connectivity index (χ4n) is 2.43. The minimum atomic E-state index is -0.254. The molecule has 2 aromatic rings. The van der Waals surface area contributed by atoms with Crippen LogP contribution >= 0.6 is 11.6 Å². The average Bonchev–Trinajstić information content (AvgIpc) is 3.36. The van der Waals surface area contributed by atoms with Crippen LogP contribution in [0.3, 0.4) is 0 Å². The first-order chi connectivity index (χ1) is 11.1. The van der Waals surface area contributed by atoms with Crippen molar-refractivity contribution in [2.24, 2.45) is 0 Å². The van der Waals surface area contributed by atoms with Crippen LogP contribution in [0.4, 0.5) is 10.1 Å². The Balaban J connectivity index is 1.62. The van der Waals surface area contributed by atoms with Crippen LogP contribution in [-0.2, 0) is 11.3 Å². The molecule has 3 rings (SSSR count). The second kappa shape index (κ2) is 7.06. The summed E-state index contributed by atoms with van der Waals surface area (Å²) in [5.41, 5.74) is 1.50. The van der Waals surface area contributed by atoms with Crippen molar-refractivity contribution in [1.82, 2.24) is 9.88 Å². The number of carbonyl (C=O) groups excluding carboxylic acids is 1. The van der Waals surface area contributed by atoms with Gasteiger partial charge in [-0.1, -0.05) is 23.7 Å². The summed E-state index contributed by atoms with van der Waals surface area (Å²) in [7, 11) is 0. The molecule has 1 amide bonds. The van der Waals surface area contributed by atoms with Gasteiger partial charge in [0, 0.05) is 18.8 Å². The van der Waals surface area contributed by atoms with Crippen LogP contribution in [0.2, 0.25) is 5.15 Å². The maximum atomic E-state index is 13.0. The fraction of sp³-hybridized carbons (Fsp3) is 0.294. The molecule has 0 atom stereocenters. The highest BCUT2D eigenvalue weighted by molar-refractivity contribution is 6.32. The van der Waals surface area contributed by atoms with Crippen LogP contribution in [-0.4, -0.2) is 28.4 Å². The van der Waals surface area contributed by atoms with Gasteiger partial charge in [0.2, 0.25) is 5.91 Å². The number of nitrogens with zero attached hydrogens (tertiary/aromatic N) is 2. The van der Waals surface area contributed by atoms with Crippen molar-refractivity contribution in [2.45, 2.75) is 25.4 Å². The molecule has 1 aromatic heterocycles. The Morgan fingerprint density at radius 1 is 1.30 bits per heavy atom. The number of anilines is 1. The second-order valence-electron chi connectivity index (χ2n) is 5.65. The summed E-state index contributed by atoms with van der Waals surface area (Å²) in [6.07, 6.45) is 3.74. The fourth-order valence-corrected chi connectivity index (χ4v) is 2.60. The normalized spacial score (nSPS) is 14.0. The number of hydrogen-bond acceptors (Lipinski definition) is 3. The predicted octanol–water partition coefficient (Wildman–Crippen LogP) is 3.48. The summed E-state index contributed by atoms with van der Waals surface area (Å²) >= 11 is 5.95. The number of rotatable bonds is 6. The number of benzene rings is 1. The van der Waals surface area contributed by atoms with Crippen LogP contribution in [0.25, 0.3) is 0 Å². The largest absolute Gasteiger partial charge is 0.322 e. The molecule has 0 spiro atoms. The Labute approximate surface area is 139 Å². The Morgan fingerprint density at radius 2 is 2.04 bits per heavy atom. The zero-order valence-corrected chi connectivity index (χ0v) is 13.3. The third kappa shape index (κ3) is 4.50. The summed E-state index contributed by atoms with van der Waals surface area (Å²) < 4.78 is 13.0. The van der Waals surface area contributed by atoms with Gasteiger partial charge in [0.05, 0.1) is 12.2 Å². The highest BCUT2D eigenvalue weighted by atomic mass is 35.5. The minimum absolute atomic E-state index is 0.131. The summed E-state index contributed by atoms with van der Waals surface area (Å²) in [6, 6.07) is 10.2. The lowest BCUT2D eigenvalue weighted by molar-refractivity contribution is -0.117. The van der Waals surface area contributed by atoms with Crippen molar-refractivity contribution in [2.75, 3.05) is 11.9 Å². The van der Waals surface area contributed by atoms with Crippen molar-refractivity contribution < 1.29 is 9.18 Å². The average molecular weight is 334 g/mol. The van der Waals surface area contributed by atoms with Gasteiger partial charge in [0.15, 0.2) is 5.15 Å². The number of carbonyl (C=O) groups is 1. The van der Waals surface area contributed by atoms with Crippen molar-refractivity contribution >= 4 is 23.2 Å². The van der Waals surface area contributed by atoms with E-state index >= 15 is 0 Å². The van der Waals surface area contributed by atoms with Gasteiger partial charge in [0.25, 0.3) is 0 Å². The molecule has 0 saturated heterocycles. The van der Waals surface area contributed by atoms with E-state index in [0.29, 0.717) is 18.3 Å². The van der Waals surface area contributed by atoms with Gasteiger partial charge in [0.1, 0.15) is 5.82 Å². The Kier molecular flexibility index (Phi) is 4.88. The molecule has 0 radical (unpaired) electrons. The van der Waals surface area contributed by atoms with Crippen LogP contribution in [0.15, 0.2) is 42.6 Å². The predicted molar refractivity (Wildman–Crippen MR) is 87.7 cm³/mol. The summed E-state index contributed by atoms with van der Waals surface area (Å²) in [5, 5.41) is 3.06. The SMILES string of the molecule is O=C(CN(Cc1ccc(F)cc1)C1CC1)Nc1cccnc1Cl. The first kappa shape index (κ1) is 15.9. The van der Waals surface area contributed by atoms with Crippen molar-refractivity contribution in [3.05, 3.63) is 59.1 Å². The molecule has 0 unspecified atom stereocenters. The maximum Gasteiger partial charge on any atom is 0.238 e. The second-order valence-corrected chi connectivity index (χ2v) is 6.01. The number of aromatic nitrogens is 1. The molecular weight excluding hydrogens is 317 g/mol. The standard InChI is InChI=1S/C17H17ClFN3O/c18-17-15(2-1-9-20-17)21-16(23)11-22(14-7-8-14)10-12-3-5-13(19)6-4-12/h1-6,9,14H,7-8,10-11H2,(H,21,23). The molecule has 1 fully saturated rings. The molecule has 0 aliphatic heterocycles. The molecule has 1 N–H and O–H groups in total. The van der Waals surface area contributed by atoms with Crippen molar-refractivity contribution in [3.8, 4) is 0 Å². The quantitative estimate of drug-likeness (QED) is 0.823. The van der Waals surface area contributed by atoms with Gasteiger partial charge < -0.3 is 5.32 Å². The van der Waals surface area contributed by atoms with Gasteiger partial charge >= 0.3 is 0 Å². The first-order valence-corrected chi connectivity index (χ1v) is 7.88. The molecular formula is C17H17ClFN3O. The topological polar surface area (TPSA) is 45.2 Å². The minimum Gasteiger partial charge on any atom is -0.322 e. The molecule has 0 bridgehead atoms. The molecule has 6 heteroatoms. The Morgan fingerprint density at radius 3 is 2.70 bits per heavy atom. The van der Waals surface area contributed by atoms with Crippen LogP contribution in [0.5, 0.6) is 0 Å². The molecule has 23 heavy (non-hydrogen) atoms. The molecule has 1 aliphatic carbocycles. The third-order valence-electron chi connectivity index (χ3n) is 3.74. The molecule has 1 heterocycles. The van der Waals surface area contributed by atoms with Crippen LogP contribution < -0.4 is 5.32 Å². The van der Waals surface area contributed by atoms with E-state index in [2.05, 4.69) is 15.2 Å². The van der Waals surface area contributed by atoms with Crippen molar-refractivity contribution in [1.29, 1.82) is 0 Å². The number of nitrogens with one attached hydrogen (secondary N) is 1. The van der Waals surface area contributed by atoms with Crippen LogP contribution in [0.1, 0.15) is 18.4 Å². The molecule has 120 valence electrons. The summed E-state index contributed by atoms with van der Waals surface area (Å²) in [6.45, 7) is 0.895. The number of pyridine rings is 1. The third-order valence-corrected chi connectivity index (χ3v) is 4.04. The van der Waals surface area contributed by atoms with Gasteiger partial charge in [-0.2, -0.15) is 0 Å². The Hall–Kier alpha value is -1.98. The molecule has 4 nitrogen and oxygen atoms in total. The molecule has 1 aromatic carbocycles. The lowest BCUT2D eigenvalue weighted by Crippen LogP contribution is -2.34. The Bertz CT molecular complexity index is 688. The monoisotopic (exact) mass is 333 g/mol. The zero-order chi connectivity index (χ0) is 16.2. The summed E-state index contributed by atoms with van der Waals surface area (Å²) in [5.74, 6) is -0.385. The van der Waals surface area contributed by atoms with Crippen LogP contribution in [0, 0.1) is 5.82 Å².